The maximum absolute atomic E-state index is 12.7. The second-order valence-electron chi connectivity index (χ2n) is 6.55. The van der Waals surface area contributed by atoms with E-state index in [-0.39, 0.29) is 29.4 Å². The zero-order chi connectivity index (χ0) is 15.2. The molecule has 3 fully saturated rings. The van der Waals surface area contributed by atoms with Crippen LogP contribution >= 0.6 is 0 Å². The Balaban J connectivity index is 1.83. The van der Waals surface area contributed by atoms with Gasteiger partial charge in [-0.25, -0.2) is 13.2 Å². The first-order valence-electron chi connectivity index (χ1n) is 7.64. The van der Waals surface area contributed by atoms with E-state index in [0.717, 1.165) is 25.7 Å². The summed E-state index contributed by atoms with van der Waals surface area (Å²) in [6.45, 7) is 0. The number of carbonyl (C=O) groups excluding carboxylic acids is 1. The molecule has 3 aliphatic rings. The molecule has 0 spiro atoms. The van der Waals surface area contributed by atoms with Crippen LogP contribution in [0, 0.1) is 11.8 Å². The van der Waals surface area contributed by atoms with Crippen LogP contribution in [-0.2, 0) is 19.4 Å². The highest BCUT2D eigenvalue weighted by Gasteiger charge is 2.50. The molecule has 1 saturated carbocycles. The summed E-state index contributed by atoms with van der Waals surface area (Å²) in [4.78, 5) is 25.7. The number of rotatable bonds is 2. The van der Waals surface area contributed by atoms with Crippen molar-refractivity contribution < 1.29 is 23.1 Å². The van der Waals surface area contributed by atoms with Gasteiger partial charge in [0.1, 0.15) is 6.04 Å². The van der Waals surface area contributed by atoms with Crippen LogP contribution in [0.2, 0.25) is 0 Å². The Kier molecular flexibility index (Phi) is 3.71. The second-order valence-corrected chi connectivity index (χ2v) is 8.78. The minimum Gasteiger partial charge on any atom is -0.480 e. The summed E-state index contributed by atoms with van der Waals surface area (Å²) in [5.74, 6) is -1.56. The minimum absolute atomic E-state index is 0.00402. The molecule has 0 unspecified atom stereocenters. The van der Waals surface area contributed by atoms with Crippen molar-refractivity contribution in [2.24, 2.45) is 11.8 Å². The van der Waals surface area contributed by atoms with Crippen LogP contribution in [0.4, 0.5) is 0 Å². The summed E-state index contributed by atoms with van der Waals surface area (Å²) in [6, 6.07) is -0.774. The van der Waals surface area contributed by atoms with Crippen LogP contribution in [0.1, 0.15) is 38.5 Å². The molecule has 0 radical (unpaired) electrons. The summed E-state index contributed by atoms with van der Waals surface area (Å²) in [5, 5.41) is 9.41. The van der Waals surface area contributed by atoms with Crippen molar-refractivity contribution in [3.63, 3.8) is 0 Å². The van der Waals surface area contributed by atoms with Gasteiger partial charge >= 0.3 is 5.97 Å². The predicted octanol–water partition coefficient (Wildman–Crippen LogP) is 0.665. The van der Waals surface area contributed by atoms with Gasteiger partial charge in [0.05, 0.1) is 17.4 Å². The lowest BCUT2D eigenvalue weighted by Gasteiger charge is -2.34. The normalized spacial score (nSPS) is 38.2. The molecule has 2 aliphatic heterocycles. The predicted molar refractivity (Wildman–Crippen MR) is 75.4 cm³/mol. The highest BCUT2D eigenvalue weighted by Crippen LogP contribution is 2.41. The molecule has 1 aliphatic carbocycles. The molecule has 1 amide bonds. The van der Waals surface area contributed by atoms with Gasteiger partial charge in [-0.15, -0.1) is 0 Å². The molecule has 7 heteroatoms. The monoisotopic (exact) mass is 315 g/mol. The summed E-state index contributed by atoms with van der Waals surface area (Å²) >= 11 is 0. The third-order valence-electron chi connectivity index (χ3n) is 5.21. The lowest BCUT2D eigenvalue weighted by molar-refractivity contribution is -0.151. The Morgan fingerprint density at radius 3 is 2.43 bits per heavy atom. The van der Waals surface area contributed by atoms with Gasteiger partial charge in [0.25, 0.3) is 0 Å². The van der Waals surface area contributed by atoms with Gasteiger partial charge < -0.3 is 10.0 Å². The van der Waals surface area contributed by atoms with Gasteiger partial charge in [-0.1, -0.05) is 12.8 Å². The third-order valence-corrected chi connectivity index (χ3v) is 6.98. The van der Waals surface area contributed by atoms with E-state index in [1.54, 1.807) is 0 Å². The Labute approximate surface area is 124 Å². The van der Waals surface area contributed by atoms with Crippen molar-refractivity contribution in [1.29, 1.82) is 0 Å². The van der Waals surface area contributed by atoms with E-state index in [2.05, 4.69) is 0 Å². The highest BCUT2D eigenvalue weighted by atomic mass is 32.2. The standard InChI is InChI=1S/C14H21NO5S/c16-13(10-5-6-21(19,20)8-10)15-11-4-2-1-3-9(11)7-12(15)14(17)18/h9-12H,1-8H2,(H,17,18)/t9-,10-,11+,12-/m0/s1. The van der Waals surface area contributed by atoms with E-state index in [9.17, 15) is 23.1 Å². The highest BCUT2D eigenvalue weighted by molar-refractivity contribution is 7.91. The number of amides is 1. The summed E-state index contributed by atoms with van der Waals surface area (Å²) < 4.78 is 23.1. The molecular formula is C14H21NO5S. The lowest BCUT2D eigenvalue weighted by atomic mass is 9.84. The van der Waals surface area contributed by atoms with Crippen molar-refractivity contribution in [1.82, 2.24) is 4.90 Å². The average Bonchev–Trinajstić information content (AvgIpc) is 2.98. The molecule has 0 bridgehead atoms. The number of sulfone groups is 1. The van der Waals surface area contributed by atoms with Crippen LogP contribution in [0.15, 0.2) is 0 Å². The fraction of sp³-hybridized carbons (Fsp3) is 0.857. The van der Waals surface area contributed by atoms with Gasteiger partial charge in [0.15, 0.2) is 9.84 Å². The first-order valence-corrected chi connectivity index (χ1v) is 9.46. The number of carbonyl (C=O) groups is 2. The van der Waals surface area contributed by atoms with Crippen LogP contribution in [0.25, 0.3) is 0 Å². The van der Waals surface area contributed by atoms with Crippen molar-refractivity contribution in [3.05, 3.63) is 0 Å². The number of likely N-dealkylation sites (tertiary alicyclic amines) is 1. The fourth-order valence-corrected chi connectivity index (χ4v) is 5.93. The van der Waals surface area contributed by atoms with Gasteiger partial charge in [-0.3, -0.25) is 4.79 Å². The fourth-order valence-electron chi connectivity index (χ4n) is 4.20. The van der Waals surface area contributed by atoms with E-state index in [4.69, 9.17) is 0 Å². The van der Waals surface area contributed by atoms with Crippen molar-refractivity contribution in [2.75, 3.05) is 11.5 Å². The third kappa shape index (κ3) is 2.67. The maximum Gasteiger partial charge on any atom is 0.326 e. The smallest absolute Gasteiger partial charge is 0.326 e. The van der Waals surface area contributed by atoms with Crippen LogP contribution in [0.3, 0.4) is 0 Å². The second kappa shape index (κ2) is 5.26. The number of carboxylic acid groups (broad SMARTS) is 1. The molecule has 0 aromatic heterocycles. The average molecular weight is 315 g/mol. The molecule has 2 saturated heterocycles. The molecule has 4 atom stereocenters. The zero-order valence-electron chi connectivity index (χ0n) is 11.9. The van der Waals surface area contributed by atoms with Crippen LogP contribution in [-0.4, -0.2) is 53.9 Å². The summed E-state index contributed by atoms with van der Waals surface area (Å²) in [7, 11) is -3.13. The van der Waals surface area contributed by atoms with Crippen LogP contribution in [0.5, 0.6) is 0 Å². The van der Waals surface area contributed by atoms with Crippen molar-refractivity contribution in [2.45, 2.75) is 50.6 Å². The van der Waals surface area contributed by atoms with Crippen LogP contribution < -0.4 is 0 Å². The molecule has 6 nitrogen and oxygen atoms in total. The minimum atomic E-state index is -3.13. The van der Waals surface area contributed by atoms with Gasteiger partial charge in [0, 0.05) is 6.04 Å². The Morgan fingerprint density at radius 2 is 1.81 bits per heavy atom. The lowest BCUT2D eigenvalue weighted by Crippen LogP contribution is -2.48. The number of hydrogen-bond donors (Lipinski definition) is 1. The largest absolute Gasteiger partial charge is 0.480 e. The van der Waals surface area contributed by atoms with Crippen molar-refractivity contribution >= 4 is 21.7 Å². The summed E-state index contributed by atoms with van der Waals surface area (Å²) in [6.07, 6.45) is 4.78. The quantitative estimate of drug-likeness (QED) is 0.808. The maximum atomic E-state index is 12.7. The topological polar surface area (TPSA) is 91.8 Å². The van der Waals surface area contributed by atoms with E-state index < -0.39 is 27.8 Å². The molecular weight excluding hydrogens is 294 g/mol. The first kappa shape index (κ1) is 14.8. The first-order chi connectivity index (χ1) is 9.89. The van der Waals surface area contributed by atoms with E-state index >= 15 is 0 Å². The van der Waals surface area contributed by atoms with Gasteiger partial charge in [-0.05, 0) is 31.6 Å². The Bertz CT molecular complexity index is 558. The number of fused-ring (bicyclic) bond motifs is 1. The molecule has 2 heterocycles. The zero-order valence-corrected chi connectivity index (χ0v) is 12.7. The molecule has 1 N–H and O–H groups in total. The van der Waals surface area contributed by atoms with Gasteiger partial charge in [0.2, 0.25) is 5.91 Å². The number of carboxylic acids is 1. The van der Waals surface area contributed by atoms with E-state index in [1.807, 2.05) is 0 Å². The SMILES string of the molecule is O=C(O)[C@@H]1C[C@@H]2CCCC[C@H]2N1C(=O)[C@H]1CCS(=O)(=O)C1. The molecule has 3 rings (SSSR count). The molecule has 118 valence electrons. The van der Waals surface area contributed by atoms with Crippen molar-refractivity contribution in [3.8, 4) is 0 Å². The Hall–Kier alpha value is -1.11. The number of aliphatic carboxylic acids is 1. The van der Waals surface area contributed by atoms with Gasteiger partial charge in [-0.2, -0.15) is 0 Å². The number of nitrogens with zero attached hydrogens (tertiary/aromatic N) is 1. The summed E-state index contributed by atoms with van der Waals surface area (Å²) in [5.41, 5.74) is 0. The molecule has 0 aromatic rings. The molecule has 21 heavy (non-hydrogen) atoms. The van der Waals surface area contributed by atoms with E-state index in [1.165, 1.54) is 4.90 Å². The molecule has 0 aromatic carbocycles. The number of hydrogen-bond acceptors (Lipinski definition) is 4. The van der Waals surface area contributed by atoms with E-state index in [0.29, 0.717) is 12.8 Å². The Morgan fingerprint density at radius 1 is 1.10 bits per heavy atom.